The van der Waals surface area contributed by atoms with Crippen molar-refractivity contribution in [1.29, 1.82) is 0 Å². The minimum Gasteiger partial charge on any atom is -0.379 e. The van der Waals surface area contributed by atoms with Gasteiger partial charge in [-0.1, -0.05) is 23.2 Å². The molecule has 2 aromatic rings. The van der Waals surface area contributed by atoms with Crippen molar-refractivity contribution in [3.8, 4) is 0 Å². The standard InChI is InChI=1S/C21H21Cl2N3O5S/c1-13(27)26-5-4-14-10-15(2-3-19(14)26)24-21(28)16-11-20(18(23)12-17(16)22)32(29,30)25-6-8-31-9-7-25/h2-3,10-12H,4-9H2,1H3,(H,24,28). The first-order valence-electron chi connectivity index (χ1n) is 9.98. The lowest BCUT2D eigenvalue weighted by Gasteiger charge is -2.26. The molecule has 0 aliphatic carbocycles. The molecule has 0 unspecified atom stereocenters. The molecule has 0 atom stereocenters. The summed E-state index contributed by atoms with van der Waals surface area (Å²) >= 11 is 12.4. The number of hydrogen-bond acceptors (Lipinski definition) is 5. The number of fused-ring (bicyclic) bond motifs is 1. The predicted octanol–water partition coefficient (Wildman–Crippen LogP) is 3.18. The molecule has 1 N–H and O–H groups in total. The van der Waals surface area contributed by atoms with Crippen LogP contribution in [0.25, 0.3) is 0 Å². The van der Waals surface area contributed by atoms with Crippen LogP contribution in [0.2, 0.25) is 10.0 Å². The van der Waals surface area contributed by atoms with Crippen LogP contribution in [-0.4, -0.2) is 57.4 Å². The Hall–Kier alpha value is -2.17. The zero-order valence-electron chi connectivity index (χ0n) is 17.2. The van der Waals surface area contributed by atoms with Crippen LogP contribution in [0.5, 0.6) is 0 Å². The summed E-state index contributed by atoms with van der Waals surface area (Å²) in [6, 6.07) is 7.73. The summed E-state index contributed by atoms with van der Waals surface area (Å²) in [5.74, 6) is -0.603. The molecule has 1 saturated heterocycles. The number of hydrogen-bond donors (Lipinski definition) is 1. The molecule has 2 aromatic carbocycles. The summed E-state index contributed by atoms with van der Waals surface area (Å²) in [7, 11) is -3.92. The van der Waals surface area contributed by atoms with Gasteiger partial charge in [0.2, 0.25) is 15.9 Å². The Bertz CT molecular complexity index is 1200. The molecular weight excluding hydrogens is 477 g/mol. The lowest BCUT2D eigenvalue weighted by molar-refractivity contribution is -0.116. The maximum atomic E-state index is 13.0. The molecule has 11 heteroatoms. The van der Waals surface area contributed by atoms with E-state index < -0.39 is 15.9 Å². The number of ether oxygens (including phenoxy) is 1. The average molecular weight is 498 g/mol. The molecule has 0 radical (unpaired) electrons. The molecule has 2 amide bonds. The predicted molar refractivity (Wildman–Crippen MR) is 122 cm³/mol. The first kappa shape index (κ1) is 23.0. The van der Waals surface area contributed by atoms with Crippen molar-refractivity contribution >= 4 is 56.4 Å². The summed E-state index contributed by atoms with van der Waals surface area (Å²) in [5, 5.41) is 2.74. The Balaban J connectivity index is 1.61. The van der Waals surface area contributed by atoms with E-state index in [-0.39, 0.29) is 52.7 Å². The Kier molecular flexibility index (Phi) is 6.46. The fourth-order valence-electron chi connectivity index (χ4n) is 3.83. The van der Waals surface area contributed by atoms with E-state index in [1.54, 1.807) is 23.1 Å². The first-order valence-corrected chi connectivity index (χ1v) is 12.2. The molecule has 4 rings (SSSR count). The van der Waals surface area contributed by atoms with Gasteiger partial charge >= 0.3 is 0 Å². The molecule has 8 nitrogen and oxygen atoms in total. The van der Waals surface area contributed by atoms with Crippen molar-refractivity contribution in [3.63, 3.8) is 0 Å². The van der Waals surface area contributed by atoms with Crippen molar-refractivity contribution in [2.75, 3.05) is 43.1 Å². The van der Waals surface area contributed by atoms with E-state index in [1.807, 2.05) is 0 Å². The van der Waals surface area contributed by atoms with Gasteiger partial charge in [0, 0.05) is 37.9 Å². The SMILES string of the molecule is CC(=O)N1CCc2cc(NC(=O)c3cc(S(=O)(=O)N4CCOCC4)c(Cl)cc3Cl)ccc21. The summed E-state index contributed by atoms with van der Waals surface area (Å²) < 4.78 is 32.6. The highest BCUT2D eigenvalue weighted by molar-refractivity contribution is 7.89. The highest BCUT2D eigenvalue weighted by atomic mass is 35.5. The molecule has 2 heterocycles. The largest absolute Gasteiger partial charge is 0.379 e. The van der Waals surface area contributed by atoms with Crippen LogP contribution < -0.4 is 10.2 Å². The van der Waals surface area contributed by atoms with Crippen LogP contribution >= 0.6 is 23.2 Å². The number of nitrogens with one attached hydrogen (secondary N) is 1. The van der Waals surface area contributed by atoms with Crippen molar-refractivity contribution in [2.24, 2.45) is 0 Å². The summed E-state index contributed by atoms with van der Waals surface area (Å²) in [6.45, 7) is 3.09. The van der Waals surface area contributed by atoms with Gasteiger partial charge in [0.05, 0.1) is 28.8 Å². The number of halogens is 2. The number of carbonyl (C=O) groups is 2. The van der Waals surface area contributed by atoms with Gasteiger partial charge in [0.15, 0.2) is 0 Å². The third kappa shape index (κ3) is 4.35. The van der Waals surface area contributed by atoms with Crippen molar-refractivity contribution < 1.29 is 22.7 Å². The number of rotatable bonds is 4. The maximum Gasteiger partial charge on any atom is 0.257 e. The van der Waals surface area contributed by atoms with Crippen molar-refractivity contribution in [1.82, 2.24) is 4.31 Å². The van der Waals surface area contributed by atoms with E-state index >= 15 is 0 Å². The zero-order chi connectivity index (χ0) is 23.0. The molecular formula is C21H21Cl2N3O5S. The summed E-state index contributed by atoms with van der Waals surface area (Å²) in [6.07, 6.45) is 0.683. The number of amides is 2. The molecule has 0 bridgehead atoms. The molecule has 2 aliphatic rings. The van der Waals surface area contributed by atoms with Crippen LogP contribution in [0.1, 0.15) is 22.8 Å². The van der Waals surface area contributed by atoms with Crippen LogP contribution in [0.15, 0.2) is 35.2 Å². The minimum atomic E-state index is -3.92. The number of benzene rings is 2. The van der Waals surface area contributed by atoms with Gasteiger partial charge in [-0.25, -0.2) is 8.42 Å². The molecule has 0 saturated carbocycles. The van der Waals surface area contributed by atoms with Gasteiger partial charge in [-0.15, -0.1) is 0 Å². The van der Waals surface area contributed by atoms with E-state index in [0.29, 0.717) is 18.7 Å². The van der Waals surface area contributed by atoms with Gasteiger partial charge in [0.1, 0.15) is 4.90 Å². The maximum absolute atomic E-state index is 13.0. The van der Waals surface area contributed by atoms with Crippen molar-refractivity contribution in [3.05, 3.63) is 51.5 Å². The zero-order valence-corrected chi connectivity index (χ0v) is 19.6. The van der Waals surface area contributed by atoms with Gasteiger partial charge in [-0.2, -0.15) is 4.31 Å². The van der Waals surface area contributed by atoms with E-state index in [4.69, 9.17) is 27.9 Å². The van der Waals surface area contributed by atoms with Crippen LogP contribution in [-0.2, 0) is 26.0 Å². The lowest BCUT2D eigenvalue weighted by atomic mass is 10.1. The van der Waals surface area contributed by atoms with Crippen LogP contribution in [0, 0.1) is 0 Å². The number of morpholine rings is 1. The van der Waals surface area contributed by atoms with Gasteiger partial charge < -0.3 is 15.0 Å². The highest BCUT2D eigenvalue weighted by Crippen LogP contribution is 2.33. The fourth-order valence-corrected chi connectivity index (χ4v) is 6.07. The minimum absolute atomic E-state index is 0.00578. The second-order valence-corrected chi connectivity index (χ2v) is 10.2. The summed E-state index contributed by atoms with van der Waals surface area (Å²) in [5.41, 5.74) is 2.27. The molecule has 2 aliphatic heterocycles. The Morgan fingerprint density at radius 2 is 1.75 bits per heavy atom. The number of anilines is 2. The monoisotopic (exact) mass is 497 g/mol. The molecule has 170 valence electrons. The Morgan fingerprint density at radius 1 is 1.03 bits per heavy atom. The second-order valence-electron chi connectivity index (χ2n) is 7.50. The normalized spacial score (nSPS) is 16.7. The smallest absolute Gasteiger partial charge is 0.257 e. The Morgan fingerprint density at radius 3 is 2.44 bits per heavy atom. The van der Waals surface area contributed by atoms with E-state index in [9.17, 15) is 18.0 Å². The second kappa shape index (κ2) is 8.99. The average Bonchev–Trinajstić information content (AvgIpc) is 3.17. The lowest BCUT2D eigenvalue weighted by Crippen LogP contribution is -2.40. The summed E-state index contributed by atoms with van der Waals surface area (Å²) in [4.78, 5) is 26.2. The third-order valence-corrected chi connectivity index (χ3v) is 8.14. The third-order valence-electron chi connectivity index (χ3n) is 5.47. The van der Waals surface area contributed by atoms with Gasteiger partial charge in [-0.3, -0.25) is 9.59 Å². The van der Waals surface area contributed by atoms with Gasteiger partial charge in [0.25, 0.3) is 5.91 Å². The molecule has 1 fully saturated rings. The van der Waals surface area contributed by atoms with Crippen molar-refractivity contribution in [2.45, 2.75) is 18.2 Å². The van der Waals surface area contributed by atoms with Gasteiger partial charge in [-0.05, 0) is 42.3 Å². The van der Waals surface area contributed by atoms with E-state index in [1.165, 1.54) is 23.4 Å². The topological polar surface area (TPSA) is 96.0 Å². The molecule has 0 spiro atoms. The van der Waals surface area contributed by atoms with E-state index in [0.717, 1.165) is 11.3 Å². The molecule has 32 heavy (non-hydrogen) atoms. The number of nitrogens with zero attached hydrogens (tertiary/aromatic N) is 2. The Labute approximate surface area is 196 Å². The van der Waals surface area contributed by atoms with E-state index in [2.05, 4.69) is 5.32 Å². The fraction of sp³-hybridized carbons (Fsp3) is 0.333. The number of carbonyl (C=O) groups excluding carboxylic acids is 2. The highest BCUT2D eigenvalue weighted by Gasteiger charge is 2.30. The number of sulfonamides is 1. The van der Waals surface area contributed by atoms with Crippen LogP contribution in [0.3, 0.4) is 0 Å². The quantitative estimate of drug-likeness (QED) is 0.699. The first-order chi connectivity index (χ1) is 15.2. The van der Waals surface area contributed by atoms with Crippen LogP contribution in [0.4, 0.5) is 11.4 Å². The molecule has 0 aromatic heterocycles.